The monoisotopic (exact) mass is 192 g/mol. The van der Waals surface area contributed by atoms with Crippen LogP contribution in [0.25, 0.3) is 0 Å². The molecule has 0 radical (unpaired) electrons. The van der Waals surface area contributed by atoms with Crippen LogP contribution in [0.15, 0.2) is 36.9 Å². The molecule has 0 aliphatic heterocycles. The highest BCUT2D eigenvalue weighted by molar-refractivity contribution is 5.37. The van der Waals surface area contributed by atoms with Crippen LogP contribution in [0.3, 0.4) is 0 Å². The van der Waals surface area contributed by atoms with Gasteiger partial charge in [-0.25, -0.2) is 0 Å². The van der Waals surface area contributed by atoms with Crippen molar-refractivity contribution in [1.29, 1.82) is 0 Å². The van der Waals surface area contributed by atoms with E-state index in [1.807, 2.05) is 0 Å². The van der Waals surface area contributed by atoms with Crippen molar-refractivity contribution in [3.05, 3.63) is 52.6 Å². The molecule has 0 heterocycles. The molecule has 0 aliphatic rings. The van der Waals surface area contributed by atoms with E-state index in [1.54, 1.807) is 25.1 Å². The van der Waals surface area contributed by atoms with Crippen molar-refractivity contribution in [1.82, 2.24) is 0 Å². The summed E-state index contributed by atoms with van der Waals surface area (Å²) in [5, 5.41) is 10.4. The maximum absolute atomic E-state index is 10.4. The van der Waals surface area contributed by atoms with Crippen LogP contribution in [0.2, 0.25) is 0 Å². The number of hydrogen-bond donors (Lipinski definition) is 1. The smallest absolute Gasteiger partial charge is 0.269 e. The zero-order chi connectivity index (χ0) is 10.8. The van der Waals surface area contributed by atoms with Gasteiger partial charge >= 0.3 is 0 Å². The van der Waals surface area contributed by atoms with Crippen LogP contribution in [0.1, 0.15) is 12.5 Å². The lowest BCUT2D eigenvalue weighted by Crippen LogP contribution is -2.29. The van der Waals surface area contributed by atoms with Crippen molar-refractivity contribution in [3.8, 4) is 0 Å². The minimum Gasteiger partial charge on any atom is -0.318 e. The van der Waals surface area contributed by atoms with Crippen LogP contribution in [0, 0.1) is 10.1 Å². The lowest BCUT2D eigenvalue weighted by molar-refractivity contribution is -0.384. The molecule has 1 aromatic rings. The van der Waals surface area contributed by atoms with Gasteiger partial charge in [0.2, 0.25) is 0 Å². The zero-order valence-electron chi connectivity index (χ0n) is 7.93. The summed E-state index contributed by atoms with van der Waals surface area (Å²) in [4.78, 5) is 9.95. The average molecular weight is 192 g/mol. The molecule has 0 bridgehead atoms. The standard InChI is InChI=1S/C10H12N2O2/c1-3-10(2,11)8-4-6-9(7-5-8)12(13)14/h3-7H,1,11H2,2H3. The lowest BCUT2D eigenvalue weighted by Gasteiger charge is -2.19. The van der Waals surface area contributed by atoms with Gasteiger partial charge in [0.05, 0.1) is 10.5 Å². The Morgan fingerprint density at radius 1 is 1.50 bits per heavy atom. The van der Waals surface area contributed by atoms with Gasteiger partial charge in [0, 0.05) is 12.1 Å². The van der Waals surface area contributed by atoms with E-state index in [0.29, 0.717) is 0 Å². The molecule has 1 rings (SSSR count). The Morgan fingerprint density at radius 2 is 2.00 bits per heavy atom. The van der Waals surface area contributed by atoms with Crippen LogP contribution >= 0.6 is 0 Å². The Hall–Kier alpha value is -1.68. The van der Waals surface area contributed by atoms with Crippen molar-refractivity contribution in [2.75, 3.05) is 0 Å². The second kappa shape index (κ2) is 3.59. The molecule has 14 heavy (non-hydrogen) atoms. The van der Waals surface area contributed by atoms with E-state index >= 15 is 0 Å². The maximum Gasteiger partial charge on any atom is 0.269 e. The molecule has 0 fully saturated rings. The molecule has 0 aromatic heterocycles. The Kier molecular flexibility index (Phi) is 2.67. The predicted molar refractivity (Wildman–Crippen MR) is 54.8 cm³/mol. The molecular formula is C10H12N2O2. The van der Waals surface area contributed by atoms with Gasteiger partial charge in [0.25, 0.3) is 5.69 Å². The third-order valence-electron chi connectivity index (χ3n) is 2.12. The zero-order valence-corrected chi connectivity index (χ0v) is 7.93. The largest absolute Gasteiger partial charge is 0.318 e. The lowest BCUT2D eigenvalue weighted by atomic mass is 9.93. The topological polar surface area (TPSA) is 69.2 Å². The number of non-ortho nitro benzene ring substituents is 1. The molecule has 1 unspecified atom stereocenters. The van der Waals surface area contributed by atoms with Gasteiger partial charge in [0.1, 0.15) is 0 Å². The fourth-order valence-electron chi connectivity index (χ4n) is 1.06. The van der Waals surface area contributed by atoms with E-state index in [0.717, 1.165) is 5.56 Å². The summed E-state index contributed by atoms with van der Waals surface area (Å²) in [6, 6.07) is 6.15. The molecule has 0 saturated carbocycles. The Labute approximate surface area is 82.2 Å². The van der Waals surface area contributed by atoms with Crippen LogP contribution in [0.4, 0.5) is 5.69 Å². The van der Waals surface area contributed by atoms with Crippen molar-refractivity contribution >= 4 is 5.69 Å². The molecule has 0 spiro atoms. The molecule has 0 aliphatic carbocycles. The van der Waals surface area contributed by atoms with E-state index < -0.39 is 10.5 Å². The van der Waals surface area contributed by atoms with E-state index in [2.05, 4.69) is 6.58 Å². The highest BCUT2D eigenvalue weighted by Crippen LogP contribution is 2.21. The first-order valence-electron chi connectivity index (χ1n) is 4.15. The van der Waals surface area contributed by atoms with E-state index in [9.17, 15) is 10.1 Å². The van der Waals surface area contributed by atoms with E-state index in [4.69, 9.17) is 5.73 Å². The summed E-state index contributed by atoms with van der Waals surface area (Å²) >= 11 is 0. The minimum absolute atomic E-state index is 0.0635. The first-order valence-corrected chi connectivity index (χ1v) is 4.15. The number of rotatable bonds is 3. The van der Waals surface area contributed by atoms with Crippen molar-refractivity contribution < 1.29 is 4.92 Å². The molecule has 4 nitrogen and oxygen atoms in total. The van der Waals surface area contributed by atoms with Gasteiger partial charge in [-0.05, 0) is 12.5 Å². The molecule has 4 heteroatoms. The quantitative estimate of drug-likeness (QED) is 0.452. The van der Waals surface area contributed by atoms with E-state index in [1.165, 1.54) is 12.1 Å². The van der Waals surface area contributed by atoms with Crippen LogP contribution in [-0.4, -0.2) is 4.92 Å². The van der Waals surface area contributed by atoms with Gasteiger partial charge < -0.3 is 5.73 Å². The third-order valence-corrected chi connectivity index (χ3v) is 2.12. The first kappa shape index (κ1) is 10.4. The molecule has 2 N–H and O–H groups in total. The molecule has 0 saturated heterocycles. The number of nitrogens with two attached hydrogens (primary N) is 1. The second-order valence-electron chi connectivity index (χ2n) is 3.29. The summed E-state index contributed by atoms with van der Waals surface area (Å²) in [5.74, 6) is 0. The Morgan fingerprint density at radius 3 is 2.36 bits per heavy atom. The number of nitro groups is 1. The van der Waals surface area contributed by atoms with Gasteiger partial charge in [-0.15, -0.1) is 6.58 Å². The van der Waals surface area contributed by atoms with Crippen LogP contribution in [-0.2, 0) is 5.54 Å². The van der Waals surface area contributed by atoms with Gasteiger partial charge in [-0.2, -0.15) is 0 Å². The SMILES string of the molecule is C=CC(C)(N)c1ccc([N+](=O)[O-])cc1. The summed E-state index contributed by atoms with van der Waals surface area (Å²) in [7, 11) is 0. The van der Waals surface area contributed by atoms with Crippen molar-refractivity contribution in [2.24, 2.45) is 5.73 Å². The number of nitro benzene ring substituents is 1. The Balaban J connectivity index is 3.05. The van der Waals surface area contributed by atoms with Gasteiger partial charge in [-0.3, -0.25) is 10.1 Å². The minimum atomic E-state index is -0.644. The highest BCUT2D eigenvalue weighted by Gasteiger charge is 2.17. The fraction of sp³-hybridized carbons (Fsp3) is 0.200. The average Bonchev–Trinajstić information content (AvgIpc) is 2.18. The summed E-state index contributed by atoms with van der Waals surface area (Å²) < 4.78 is 0. The second-order valence-corrected chi connectivity index (χ2v) is 3.29. The maximum atomic E-state index is 10.4. The van der Waals surface area contributed by atoms with Crippen LogP contribution < -0.4 is 5.73 Å². The predicted octanol–water partition coefficient (Wildman–Crippen LogP) is 1.95. The number of nitrogens with zero attached hydrogens (tertiary/aromatic N) is 1. The first-order chi connectivity index (χ1) is 6.47. The Bertz CT molecular complexity index is 355. The van der Waals surface area contributed by atoms with Gasteiger partial charge in [-0.1, -0.05) is 18.2 Å². The molecule has 1 aromatic carbocycles. The summed E-state index contributed by atoms with van der Waals surface area (Å²) in [6.07, 6.45) is 1.61. The third kappa shape index (κ3) is 1.97. The molecular weight excluding hydrogens is 180 g/mol. The number of hydrogen-bond acceptors (Lipinski definition) is 3. The van der Waals surface area contributed by atoms with Crippen molar-refractivity contribution in [2.45, 2.75) is 12.5 Å². The summed E-state index contributed by atoms with van der Waals surface area (Å²) in [5.41, 5.74) is 6.10. The number of benzene rings is 1. The highest BCUT2D eigenvalue weighted by atomic mass is 16.6. The molecule has 74 valence electrons. The fourth-order valence-corrected chi connectivity index (χ4v) is 1.06. The van der Waals surface area contributed by atoms with E-state index in [-0.39, 0.29) is 5.69 Å². The van der Waals surface area contributed by atoms with Gasteiger partial charge in [0.15, 0.2) is 0 Å². The molecule has 1 atom stereocenters. The summed E-state index contributed by atoms with van der Waals surface area (Å²) in [6.45, 7) is 5.40. The molecule has 0 amide bonds. The normalized spacial score (nSPS) is 14.4. The van der Waals surface area contributed by atoms with Crippen molar-refractivity contribution in [3.63, 3.8) is 0 Å². The van der Waals surface area contributed by atoms with Crippen LogP contribution in [0.5, 0.6) is 0 Å².